The lowest BCUT2D eigenvalue weighted by Gasteiger charge is -2.24. The molecule has 2 rings (SSSR count). The van der Waals surface area contributed by atoms with Crippen LogP contribution in [0, 0.1) is 0 Å². The van der Waals surface area contributed by atoms with Crippen molar-refractivity contribution in [1.82, 2.24) is 15.5 Å². The SMILES string of the molecule is CCN1CCCC1CNC(=NC)NCc1cccc(OCCOC)c1. The first-order valence-corrected chi connectivity index (χ1v) is 9.16. The smallest absolute Gasteiger partial charge is 0.191 e. The van der Waals surface area contributed by atoms with E-state index in [1.165, 1.54) is 19.4 Å². The van der Waals surface area contributed by atoms with E-state index in [2.05, 4.69) is 33.5 Å². The number of aliphatic imine (C=N–C) groups is 1. The number of ether oxygens (including phenoxy) is 2. The lowest BCUT2D eigenvalue weighted by Crippen LogP contribution is -2.44. The monoisotopic (exact) mass is 348 g/mol. The van der Waals surface area contributed by atoms with Crippen LogP contribution < -0.4 is 15.4 Å². The van der Waals surface area contributed by atoms with Gasteiger partial charge in [0.2, 0.25) is 0 Å². The fourth-order valence-electron chi connectivity index (χ4n) is 3.15. The molecule has 1 saturated heterocycles. The molecule has 1 aliphatic heterocycles. The van der Waals surface area contributed by atoms with E-state index < -0.39 is 0 Å². The summed E-state index contributed by atoms with van der Waals surface area (Å²) in [6.07, 6.45) is 2.56. The van der Waals surface area contributed by atoms with E-state index in [1.54, 1.807) is 7.11 Å². The molecule has 1 aromatic rings. The standard InChI is InChI=1S/C19H32N4O2/c1-4-23-10-6-8-17(23)15-22-19(20-2)21-14-16-7-5-9-18(13-16)25-12-11-24-3/h5,7,9,13,17H,4,6,8,10-12,14-15H2,1-3H3,(H2,20,21,22). The summed E-state index contributed by atoms with van der Waals surface area (Å²) in [5, 5.41) is 6.83. The van der Waals surface area contributed by atoms with E-state index in [1.807, 2.05) is 25.2 Å². The number of guanidine groups is 1. The van der Waals surface area contributed by atoms with Gasteiger partial charge in [0, 0.05) is 33.3 Å². The van der Waals surface area contributed by atoms with Gasteiger partial charge >= 0.3 is 0 Å². The van der Waals surface area contributed by atoms with Crippen molar-refractivity contribution in [1.29, 1.82) is 0 Å². The summed E-state index contributed by atoms with van der Waals surface area (Å²) in [4.78, 5) is 6.86. The molecular weight excluding hydrogens is 316 g/mol. The van der Waals surface area contributed by atoms with Crippen LogP contribution in [0.4, 0.5) is 0 Å². The Labute approximate surface area is 151 Å². The number of rotatable bonds is 9. The van der Waals surface area contributed by atoms with Crippen molar-refractivity contribution in [2.24, 2.45) is 4.99 Å². The zero-order valence-electron chi connectivity index (χ0n) is 15.8. The molecule has 0 saturated carbocycles. The summed E-state index contributed by atoms with van der Waals surface area (Å²) in [5.74, 6) is 1.71. The number of nitrogens with one attached hydrogen (secondary N) is 2. The summed E-state index contributed by atoms with van der Waals surface area (Å²) in [6, 6.07) is 8.71. The quantitative estimate of drug-likeness (QED) is 0.405. The van der Waals surface area contributed by atoms with Gasteiger partial charge in [-0.05, 0) is 43.6 Å². The van der Waals surface area contributed by atoms with Crippen LogP contribution in [0.25, 0.3) is 0 Å². The summed E-state index contributed by atoms with van der Waals surface area (Å²) in [7, 11) is 3.49. The molecule has 0 bridgehead atoms. The van der Waals surface area contributed by atoms with Crippen molar-refractivity contribution >= 4 is 5.96 Å². The van der Waals surface area contributed by atoms with E-state index in [0.29, 0.717) is 25.8 Å². The maximum atomic E-state index is 5.66. The molecular formula is C19H32N4O2. The molecule has 0 radical (unpaired) electrons. The summed E-state index contributed by atoms with van der Waals surface area (Å²) < 4.78 is 10.7. The summed E-state index contributed by atoms with van der Waals surface area (Å²) >= 11 is 0. The highest BCUT2D eigenvalue weighted by molar-refractivity contribution is 5.79. The largest absolute Gasteiger partial charge is 0.491 e. The van der Waals surface area contributed by atoms with Gasteiger partial charge in [-0.2, -0.15) is 0 Å². The fourth-order valence-corrected chi connectivity index (χ4v) is 3.15. The highest BCUT2D eigenvalue weighted by Crippen LogP contribution is 2.15. The van der Waals surface area contributed by atoms with Crippen molar-refractivity contribution < 1.29 is 9.47 Å². The molecule has 1 fully saturated rings. The summed E-state index contributed by atoms with van der Waals surface area (Å²) in [5.41, 5.74) is 1.16. The van der Waals surface area contributed by atoms with Crippen molar-refractivity contribution in [3.63, 3.8) is 0 Å². The van der Waals surface area contributed by atoms with Crippen LogP contribution in [-0.2, 0) is 11.3 Å². The number of hydrogen-bond donors (Lipinski definition) is 2. The molecule has 25 heavy (non-hydrogen) atoms. The molecule has 1 aromatic carbocycles. The molecule has 0 amide bonds. The van der Waals surface area contributed by atoms with Gasteiger partial charge in [0.25, 0.3) is 0 Å². The molecule has 2 N–H and O–H groups in total. The number of methoxy groups -OCH3 is 1. The molecule has 1 aliphatic rings. The molecule has 1 heterocycles. The predicted octanol–water partition coefficient (Wildman–Crippen LogP) is 1.86. The van der Waals surface area contributed by atoms with Crippen LogP contribution in [-0.4, -0.2) is 63.9 Å². The molecule has 0 aliphatic carbocycles. The molecule has 6 heteroatoms. The Bertz CT molecular complexity index is 536. The number of likely N-dealkylation sites (N-methyl/N-ethyl adjacent to an activating group) is 1. The van der Waals surface area contributed by atoms with Gasteiger partial charge in [-0.25, -0.2) is 0 Å². The van der Waals surface area contributed by atoms with E-state index in [0.717, 1.165) is 30.4 Å². The second kappa shape index (κ2) is 10.9. The Morgan fingerprint density at radius 3 is 2.96 bits per heavy atom. The lowest BCUT2D eigenvalue weighted by atomic mass is 10.2. The van der Waals surface area contributed by atoms with Gasteiger partial charge in [0.05, 0.1) is 6.61 Å². The predicted molar refractivity (Wildman–Crippen MR) is 102 cm³/mol. The number of nitrogens with zero attached hydrogens (tertiary/aromatic N) is 2. The number of likely N-dealkylation sites (tertiary alicyclic amines) is 1. The van der Waals surface area contributed by atoms with Gasteiger partial charge in [0.15, 0.2) is 5.96 Å². The summed E-state index contributed by atoms with van der Waals surface area (Å²) in [6.45, 7) is 7.37. The van der Waals surface area contributed by atoms with Crippen molar-refractivity contribution in [2.75, 3.05) is 47.0 Å². The highest BCUT2D eigenvalue weighted by Gasteiger charge is 2.22. The van der Waals surface area contributed by atoms with Crippen LogP contribution in [0.1, 0.15) is 25.3 Å². The Morgan fingerprint density at radius 1 is 1.32 bits per heavy atom. The molecule has 0 aromatic heterocycles. The van der Waals surface area contributed by atoms with Crippen molar-refractivity contribution in [3.8, 4) is 5.75 Å². The zero-order chi connectivity index (χ0) is 17.9. The first-order valence-electron chi connectivity index (χ1n) is 9.16. The topological polar surface area (TPSA) is 58.1 Å². The molecule has 0 spiro atoms. The van der Waals surface area contributed by atoms with Crippen LogP contribution in [0.5, 0.6) is 5.75 Å². The molecule has 140 valence electrons. The van der Waals surface area contributed by atoms with E-state index >= 15 is 0 Å². The fraction of sp³-hybridized carbons (Fsp3) is 0.632. The average Bonchev–Trinajstić information content (AvgIpc) is 3.10. The second-order valence-corrected chi connectivity index (χ2v) is 6.22. The first-order chi connectivity index (χ1) is 12.3. The third-order valence-corrected chi connectivity index (χ3v) is 4.55. The van der Waals surface area contributed by atoms with Crippen molar-refractivity contribution in [3.05, 3.63) is 29.8 Å². The normalized spacial score (nSPS) is 18.4. The maximum Gasteiger partial charge on any atom is 0.191 e. The Kier molecular flexibility index (Phi) is 8.55. The minimum absolute atomic E-state index is 0.561. The maximum absolute atomic E-state index is 5.66. The van der Waals surface area contributed by atoms with Crippen LogP contribution in [0.15, 0.2) is 29.3 Å². The molecule has 1 unspecified atom stereocenters. The van der Waals surface area contributed by atoms with Crippen LogP contribution >= 0.6 is 0 Å². The Hall–Kier alpha value is -1.79. The molecule has 6 nitrogen and oxygen atoms in total. The highest BCUT2D eigenvalue weighted by atomic mass is 16.5. The van der Waals surface area contributed by atoms with Gasteiger partial charge in [-0.15, -0.1) is 0 Å². The third-order valence-electron chi connectivity index (χ3n) is 4.55. The van der Waals surface area contributed by atoms with Gasteiger partial charge in [0.1, 0.15) is 12.4 Å². The third kappa shape index (κ3) is 6.55. The lowest BCUT2D eigenvalue weighted by molar-refractivity contribution is 0.146. The Balaban J connectivity index is 1.77. The number of hydrogen-bond acceptors (Lipinski definition) is 4. The van der Waals surface area contributed by atoms with Crippen molar-refractivity contribution in [2.45, 2.75) is 32.4 Å². The average molecular weight is 348 g/mol. The van der Waals surface area contributed by atoms with E-state index in [-0.39, 0.29) is 0 Å². The van der Waals surface area contributed by atoms with Gasteiger partial charge in [-0.1, -0.05) is 19.1 Å². The zero-order valence-corrected chi connectivity index (χ0v) is 15.8. The minimum Gasteiger partial charge on any atom is -0.491 e. The molecule has 1 atom stereocenters. The second-order valence-electron chi connectivity index (χ2n) is 6.22. The minimum atomic E-state index is 0.561. The van der Waals surface area contributed by atoms with Crippen LogP contribution in [0.3, 0.4) is 0 Å². The van der Waals surface area contributed by atoms with E-state index in [9.17, 15) is 0 Å². The van der Waals surface area contributed by atoms with E-state index in [4.69, 9.17) is 9.47 Å². The van der Waals surface area contributed by atoms with Crippen LogP contribution in [0.2, 0.25) is 0 Å². The van der Waals surface area contributed by atoms with Gasteiger partial charge in [-0.3, -0.25) is 9.89 Å². The Morgan fingerprint density at radius 2 is 2.20 bits per heavy atom. The number of benzene rings is 1. The first kappa shape index (κ1) is 19.5. The van der Waals surface area contributed by atoms with Gasteiger partial charge < -0.3 is 20.1 Å².